The fourth-order valence-electron chi connectivity index (χ4n) is 4.30. The lowest BCUT2D eigenvalue weighted by Crippen LogP contribution is -2.50. The molecular weight excluding hydrogens is 502 g/mol. The highest BCUT2D eigenvalue weighted by Gasteiger charge is 2.34. The molecule has 8 nitrogen and oxygen atoms in total. The number of hydrogen-bond donors (Lipinski definition) is 1. The van der Waals surface area contributed by atoms with E-state index in [1.807, 2.05) is 37.3 Å². The molecule has 0 aliphatic carbocycles. The van der Waals surface area contributed by atoms with Gasteiger partial charge in [0, 0.05) is 38.3 Å². The highest BCUT2D eigenvalue weighted by atomic mass is 32.1. The number of benzene rings is 2. The minimum Gasteiger partial charge on any atom is -0.442 e. The average molecular weight is 533 g/mol. The summed E-state index contributed by atoms with van der Waals surface area (Å²) in [7, 11) is 0. The Labute approximate surface area is 220 Å². The van der Waals surface area contributed by atoms with Gasteiger partial charge in [-0.2, -0.15) is 0 Å². The first-order chi connectivity index (χ1) is 17.9. The van der Waals surface area contributed by atoms with Gasteiger partial charge in [0.05, 0.1) is 30.4 Å². The molecule has 4 rings (SSSR count). The Hall–Kier alpha value is -3.31. The molecule has 198 valence electrons. The van der Waals surface area contributed by atoms with E-state index in [1.54, 1.807) is 9.80 Å². The van der Waals surface area contributed by atoms with Crippen molar-refractivity contribution < 1.29 is 27.8 Å². The number of cyclic esters (lactones) is 1. The lowest BCUT2D eigenvalue weighted by molar-refractivity contribution is -0.136. The Balaban J connectivity index is 1.31. The van der Waals surface area contributed by atoms with Gasteiger partial charge in [-0.05, 0) is 12.0 Å². The Bertz CT molecular complexity index is 1110. The van der Waals surface area contributed by atoms with Crippen molar-refractivity contribution in [3.05, 3.63) is 59.7 Å². The third kappa shape index (κ3) is 6.72. The van der Waals surface area contributed by atoms with Gasteiger partial charge in [-0.1, -0.05) is 49.5 Å². The number of amides is 2. The van der Waals surface area contributed by atoms with Gasteiger partial charge in [0.2, 0.25) is 5.91 Å². The predicted molar refractivity (Wildman–Crippen MR) is 140 cm³/mol. The van der Waals surface area contributed by atoms with E-state index >= 15 is 8.78 Å². The summed E-state index contributed by atoms with van der Waals surface area (Å²) in [6.07, 6.45) is -0.477. The van der Waals surface area contributed by atoms with Gasteiger partial charge in [-0.25, -0.2) is 13.6 Å². The third-order valence-electron chi connectivity index (χ3n) is 6.32. The van der Waals surface area contributed by atoms with Crippen LogP contribution in [0.3, 0.4) is 0 Å². The molecule has 1 atom stereocenters. The molecule has 0 radical (unpaired) electrons. The SMILES string of the molecule is CCC(=S)NCC1CN(c2cc(F)c(N3CCN(C(=O)COCc4ccccc4)CC3)c(F)c2)C(=O)O1. The number of ether oxygens (including phenoxy) is 2. The summed E-state index contributed by atoms with van der Waals surface area (Å²) in [6, 6.07) is 11.8. The van der Waals surface area contributed by atoms with E-state index in [0.717, 1.165) is 17.7 Å². The van der Waals surface area contributed by atoms with Crippen LogP contribution >= 0.6 is 12.2 Å². The van der Waals surface area contributed by atoms with E-state index in [0.29, 0.717) is 37.7 Å². The molecule has 2 amide bonds. The van der Waals surface area contributed by atoms with Gasteiger partial charge in [0.15, 0.2) is 11.6 Å². The van der Waals surface area contributed by atoms with Crippen LogP contribution in [0.4, 0.5) is 25.0 Å². The van der Waals surface area contributed by atoms with Gasteiger partial charge in [0.1, 0.15) is 18.4 Å². The van der Waals surface area contributed by atoms with E-state index in [4.69, 9.17) is 21.7 Å². The van der Waals surface area contributed by atoms with Crippen molar-refractivity contribution in [2.45, 2.75) is 26.1 Å². The molecule has 2 aliphatic rings. The minimum atomic E-state index is -0.775. The van der Waals surface area contributed by atoms with Gasteiger partial charge in [-0.3, -0.25) is 9.69 Å². The average Bonchev–Trinajstić information content (AvgIpc) is 3.28. The van der Waals surface area contributed by atoms with Gasteiger partial charge >= 0.3 is 6.09 Å². The van der Waals surface area contributed by atoms with Crippen molar-refractivity contribution in [3.8, 4) is 0 Å². The van der Waals surface area contributed by atoms with Crippen LogP contribution in [0.2, 0.25) is 0 Å². The zero-order chi connectivity index (χ0) is 26.4. The molecule has 2 aromatic rings. The number of hydrogen-bond acceptors (Lipinski definition) is 6. The van der Waals surface area contributed by atoms with Crippen molar-refractivity contribution >= 4 is 40.6 Å². The summed E-state index contributed by atoms with van der Waals surface area (Å²) in [5.41, 5.74) is 0.897. The smallest absolute Gasteiger partial charge is 0.414 e. The highest BCUT2D eigenvalue weighted by Crippen LogP contribution is 2.31. The summed E-state index contributed by atoms with van der Waals surface area (Å²) in [4.78, 5) is 29.9. The summed E-state index contributed by atoms with van der Waals surface area (Å²) in [5, 5.41) is 3.01. The fraction of sp³-hybridized carbons (Fsp3) is 0.423. The second-order valence-corrected chi connectivity index (χ2v) is 9.37. The zero-order valence-corrected chi connectivity index (χ0v) is 21.4. The zero-order valence-electron chi connectivity index (χ0n) is 20.6. The van der Waals surface area contributed by atoms with Crippen LogP contribution in [0.5, 0.6) is 0 Å². The Morgan fingerprint density at radius 1 is 1.14 bits per heavy atom. The maximum absolute atomic E-state index is 15.1. The van der Waals surface area contributed by atoms with Crippen LogP contribution in [0.1, 0.15) is 18.9 Å². The number of rotatable bonds is 9. The Kier molecular flexibility index (Phi) is 8.88. The first-order valence-electron chi connectivity index (χ1n) is 12.2. The largest absolute Gasteiger partial charge is 0.442 e. The molecule has 2 fully saturated rings. The molecular formula is C26H30F2N4O4S. The fourth-order valence-corrected chi connectivity index (χ4v) is 4.39. The van der Waals surface area contributed by atoms with Crippen LogP contribution in [0, 0.1) is 11.6 Å². The second-order valence-electron chi connectivity index (χ2n) is 8.88. The number of nitrogens with zero attached hydrogens (tertiary/aromatic N) is 3. The number of carbonyl (C=O) groups is 2. The van der Waals surface area contributed by atoms with Crippen molar-refractivity contribution in [2.75, 3.05) is 55.7 Å². The quantitative estimate of drug-likeness (QED) is 0.496. The maximum atomic E-state index is 15.1. The molecule has 2 saturated heterocycles. The molecule has 1 N–H and O–H groups in total. The van der Waals surface area contributed by atoms with E-state index in [2.05, 4.69) is 5.32 Å². The molecule has 2 aromatic carbocycles. The number of piperazine rings is 1. The molecule has 0 spiro atoms. The molecule has 2 aliphatic heterocycles. The van der Waals surface area contributed by atoms with Crippen molar-refractivity contribution in [2.24, 2.45) is 0 Å². The number of anilines is 2. The van der Waals surface area contributed by atoms with Crippen molar-refractivity contribution in [3.63, 3.8) is 0 Å². The second kappa shape index (κ2) is 12.3. The standard InChI is InChI=1S/C26H30F2N4O4S/c1-2-23(37)29-14-20-15-32(26(34)36-20)19-12-21(27)25(22(28)13-19)31-10-8-30(9-11-31)24(33)17-35-16-18-6-4-3-5-7-18/h3-7,12-13,20H,2,8-11,14-17H2,1H3,(H,29,37). The van der Waals surface area contributed by atoms with Gasteiger partial charge in [-0.15, -0.1) is 0 Å². The van der Waals surface area contributed by atoms with E-state index in [1.165, 1.54) is 4.90 Å². The number of nitrogens with one attached hydrogen (secondary N) is 1. The van der Waals surface area contributed by atoms with Crippen LogP contribution in [0.15, 0.2) is 42.5 Å². The third-order valence-corrected chi connectivity index (χ3v) is 6.75. The van der Waals surface area contributed by atoms with E-state index in [9.17, 15) is 9.59 Å². The first-order valence-corrected chi connectivity index (χ1v) is 12.6. The van der Waals surface area contributed by atoms with E-state index < -0.39 is 23.8 Å². The molecule has 11 heteroatoms. The van der Waals surface area contributed by atoms with Crippen LogP contribution in [0.25, 0.3) is 0 Å². The summed E-state index contributed by atoms with van der Waals surface area (Å²) in [5.74, 6) is -1.71. The lowest BCUT2D eigenvalue weighted by Gasteiger charge is -2.36. The van der Waals surface area contributed by atoms with Crippen LogP contribution in [-0.4, -0.2) is 73.9 Å². The van der Waals surface area contributed by atoms with Crippen LogP contribution in [-0.2, 0) is 20.9 Å². The minimum absolute atomic E-state index is 0.0566. The number of carbonyl (C=O) groups excluding carboxylic acids is 2. The summed E-state index contributed by atoms with van der Waals surface area (Å²) >= 11 is 5.11. The normalized spacial score (nSPS) is 17.6. The molecule has 0 bridgehead atoms. The highest BCUT2D eigenvalue weighted by molar-refractivity contribution is 7.80. The summed E-state index contributed by atoms with van der Waals surface area (Å²) in [6.45, 7) is 3.86. The van der Waals surface area contributed by atoms with Crippen LogP contribution < -0.4 is 15.1 Å². The summed E-state index contributed by atoms with van der Waals surface area (Å²) < 4.78 is 40.9. The number of thiocarbonyl (C=S) groups is 1. The molecule has 0 aromatic heterocycles. The lowest BCUT2D eigenvalue weighted by atomic mass is 10.2. The van der Waals surface area contributed by atoms with Crippen molar-refractivity contribution in [1.82, 2.24) is 10.2 Å². The predicted octanol–water partition coefficient (Wildman–Crippen LogP) is 3.48. The number of halogens is 2. The molecule has 2 heterocycles. The molecule has 37 heavy (non-hydrogen) atoms. The first kappa shape index (κ1) is 26.7. The Morgan fingerprint density at radius 2 is 1.81 bits per heavy atom. The molecule has 0 saturated carbocycles. The topological polar surface area (TPSA) is 74.4 Å². The Morgan fingerprint density at radius 3 is 2.46 bits per heavy atom. The van der Waals surface area contributed by atoms with Gasteiger partial charge in [0.25, 0.3) is 0 Å². The van der Waals surface area contributed by atoms with E-state index in [-0.39, 0.29) is 43.5 Å². The molecule has 1 unspecified atom stereocenters. The van der Waals surface area contributed by atoms with Crippen molar-refractivity contribution in [1.29, 1.82) is 0 Å². The van der Waals surface area contributed by atoms with Gasteiger partial charge < -0.3 is 24.6 Å². The maximum Gasteiger partial charge on any atom is 0.414 e. The monoisotopic (exact) mass is 532 g/mol.